The molecular weight excluding hydrogens is 396 g/mol. The van der Waals surface area contributed by atoms with Gasteiger partial charge in [-0.25, -0.2) is 0 Å². The van der Waals surface area contributed by atoms with Crippen molar-refractivity contribution >= 4 is 23.5 Å². The molecule has 1 aliphatic carbocycles. The Morgan fingerprint density at radius 2 is 1.87 bits per heavy atom. The molecule has 162 valence electrons. The standard InChI is InChI=1S/C24H26N2O5/c1-15-8-11-20(30-2)19(12-15)26-14-17(13-21(26)27)24(29)31-22(16-6-4-3-5-7-16)23(28)25-18-9-10-18/h3-8,11-12,17-18,22H,9-10,13-14H2,1-2H3,(H,25,28)/t17-,22+/m1/s1. The van der Waals surface area contributed by atoms with E-state index < -0.39 is 18.0 Å². The largest absolute Gasteiger partial charge is 0.495 e. The van der Waals surface area contributed by atoms with Gasteiger partial charge in [-0.2, -0.15) is 0 Å². The first-order valence-electron chi connectivity index (χ1n) is 10.5. The van der Waals surface area contributed by atoms with Gasteiger partial charge in [0.05, 0.1) is 18.7 Å². The number of hydrogen-bond donors (Lipinski definition) is 1. The highest BCUT2D eigenvalue weighted by atomic mass is 16.5. The molecule has 1 saturated carbocycles. The first kappa shape index (κ1) is 20.9. The molecule has 2 aromatic carbocycles. The first-order chi connectivity index (χ1) is 15.0. The third-order valence-electron chi connectivity index (χ3n) is 5.58. The number of esters is 1. The Morgan fingerprint density at radius 1 is 1.13 bits per heavy atom. The van der Waals surface area contributed by atoms with Crippen molar-refractivity contribution in [3.63, 3.8) is 0 Å². The molecule has 1 N–H and O–H groups in total. The summed E-state index contributed by atoms with van der Waals surface area (Å²) in [6, 6.07) is 14.7. The molecule has 0 bridgehead atoms. The Kier molecular flexibility index (Phi) is 5.93. The van der Waals surface area contributed by atoms with E-state index in [-0.39, 0.29) is 30.8 Å². The molecular formula is C24H26N2O5. The van der Waals surface area contributed by atoms with E-state index in [9.17, 15) is 14.4 Å². The average Bonchev–Trinajstić information content (AvgIpc) is 3.50. The van der Waals surface area contributed by atoms with Crippen LogP contribution in [0.1, 0.15) is 36.5 Å². The van der Waals surface area contributed by atoms with Crippen molar-refractivity contribution in [3.8, 4) is 5.75 Å². The van der Waals surface area contributed by atoms with Gasteiger partial charge in [-0.05, 0) is 37.5 Å². The minimum atomic E-state index is -1.04. The van der Waals surface area contributed by atoms with E-state index >= 15 is 0 Å². The summed E-state index contributed by atoms with van der Waals surface area (Å²) in [6.07, 6.45) is 0.866. The summed E-state index contributed by atoms with van der Waals surface area (Å²) in [5, 5.41) is 2.90. The molecule has 4 rings (SSSR count). The lowest BCUT2D eigenvalue weighted by molar-refractivity contribution is -0.160. The summed E-state index contributed by atoms with van der Waals surface area (Å²) in [7, 11) is 1.55. The fraction of sp³-hybridized carbons (Fsp3) is 0.375. The van der Waals surface area contributed by atoms with Gasteiger partial charge in [0.15, 0.2) is 0 Å². The van der Waals surface area contributed by atoms with Crippen LogP contribution in [-0.2, 0) is 19.1 Å². The second-order valence-electron chi connectivity index (χ2n) is 8.09. The SMILES string of the molecule is COc1ccc(C)cc1N1C[C@H](C(=O)O[C@H](C(=O)NC2CC2)c2ccccc2)CC1=O. The van der Waals surface area contributed by atoms with Gasteiger partial charge >= 0.3 is 5.97 Å². The maximum Gasteiger partial charge on any atom is 0.312 e. The van der Waals surface area contributed by atoms with E-state index in [1.54, 1.807) is 42.3 Å². The number of ether oxygens (including phenoxy) is 2. The van der Waals surface area contributed by atoms with Gasteiger partial charge in [0, 0.05) is 24.6 Å². The number of nitrogens with zero attached hydrogens (tertiary/aromatic N) is 1. The van der Waals surface area contributed by atoms with E-state index in [2.05, 4.69) is 5.32 Å². The zero-order valence-corrected chi connectivity index (χ0v) is 17.7. The fourth-order valence-corrected chi connectivity index (χ4v) is 3.73. The Balaban J connectivity index is 1.50. The zero-order valence-electron chi connectivity index (χ0n) is 17.7. The number of aryl methyl sites for hydroxylation is 1. The molecule has 1 heterocycles. The van der Waals surface area contributed by atoms with Crippen LogP contribution in [0.4, 0.5) is 5.69 Å². The van der Waals surface area contributed by atoms with Gasteiger partial charge in [-0.1, -0.05) is 36.4 Å². The predicted molar refractivity (Wildman–Crippen MR) is 115 cm³/mol. The topological polar surface area (TPSA) is 84.9 Å². The first-order valence-corrected chi connectivity index (χ1v) is 10.5. The van der Waals surface area contributed by atoms with Crippen LogP contribution in [0, 0.1) is 12.8 Å². The number of carbonyl (C=O) groups excluding carboxylic acids is 3. The van der Waals surface area contributed by atoms with E-state index in [1.165, 1.54) is 0 Å². The normalized spacial score (nSPS) is 19.1. The van der Waals surface area contributed by atoms with Crippen LogP contribution in [0.25, 0.3) is 0 Å². The van der Waals surface area contributed by atoms with Gasteiger partial charge in [0.25, 0.3) is 5.91 Å². The molecule has 0 radical (unpaired) electrons. The number of nitrogens with one attached hydrogen (secondary N) is 1. The van der Waals surface area contributed by atoms with Gasteiger partial charge in [-0.3, -0.25) is 14.4 Å². The van der Waals surface area contributed by atoms with Crippen molar-refractivity contribution in [1.29, 1.82) is 0 Å². The molecule has 2 fully saturated rings. The molecule has 0 unspecified atom stereocenters. The fourth-order valence-electron chi connectivity index (χ4n) is 3.73. The number of anilines is 1. The Hall–Kier alpha value is -3.35. The van der Waals surface area contributed by atoms with Crippen LogP contribution in [0.3, 0.4) is 0 Å². The maximum absolute atomic E-state index is 13.0. The quantitative estimate of drug-likeness (QED) is 0.694. The summed E-state index contributed by atoms with van der Waals surface area (Å²) >= 11 is 0. The van der Waals surface area contributed by atoms with Crippen LogP contribution in [0.5, 0.6) is 5.75 Å². The smallest absolute Gasteiger partial charge is 0.312 e. The highest BCUT2D eigenvalue weighted by molar-refractivity contribution is 6.01. The number of methoxy groups -OCH3 is 1. The lowest BCUT2D eigenvalue weighted by atomic mass is 10.1. The summed E-state index contributed by atoms with van der Waals surface area (Å²) in [6.45, 7) is 2.11. The van der Waals surface area contributed by atoms with Crippen LogP contribution in [0.2, 0.25) is 0 Å². The summed E-state index contributed by atoms with van der Waals surface area (Å²) in [4.78, 5) is 40.0. The van der Waals surface area contributed by atoms with Gasteiger partial charge in [0.1, 0.15) is 5.75 Å². The molecule has 0 spiro atoms. The second-order valence-corrected chi connectivity index (χ2v) is 8.09. The van der Waals surface area contributed by atoms with Crippen molar-refractivity contribution in [3.05, 3.63) is 59.7 Å². The average molecular weight is 422 g/mol. The van der Waals surface area contributed by atoms with Crippen molar-refractivity contribution in [2.24, 2.45) is 5.92 Å². The monoisotopic (exact) mass is 422 g/mol. The van der Waals surface area contributed by atoms with E-state index in [0.717, 1.165) is 18.4 Å². The van der Waals surface area contributed by atoms with Gasteiger partial charge < -0.3 is 19.7 Å². The number of amides is 2. The van der Waals surface area contributed by atoms with Crippen molar-refractivity contribution in [2.75, 3.05) is 18.6 Å². The third kappa shape index (κ3) is 4.71. The molecule has 2 amide bonds. The van der Waals surface area contributed by atoms with Gasteiger partial charge in [-0.15, -0.1) is 0 Å². The number of hydrogen-bond acceptors (Lipinski definition) is 5. The summed E-state index contributed by atoms with van der Waals surface area (Å²) < 4.78 is 11.1. The molecule has 2 aromatic rings. The van der Waals surface area contributed by atoms with E-state index in [4.69, 9.17) is 9.47 Å². The highest BCUT2D eigenvalue weighted by Crippen LogP contribution is 2.35. The van der Waals surface area contributed by atoms with Crippen LogP contribution in [0.15, 0.2) is 48.5 Å². The minimum absolute atomic E-state index is 0.0294. The predicted octanol–water partition coefficient (Wildman–Crippen LogP) is 2.92. The van der Waals surface area contributed by atoms with E-state index in [0.29, 0.717) is 17.0 Å². The molecule has 1 aliphatic heterocycles. The summed E-state index contributed by atoms with van der Waals surface area (Å²) in [5.74, 6) is -1.15. The Labute approximate surface area is 181 Å². The molecule has 7 heteroatoms. The molecule has 0 aromatic heterocycles. The van der Waals surface area contributed by atoms with Crippen LogP contribution >= 0.6 is 0 Å². The number of benzene rings is 2. The lowest BCUT2D eigenvalue weighted by Gasteiger charge is -2.21. The Morgan fingerprint density at radius 3 is 2.55 bits per heavy atom. The highest BCUT2D eigenvalue weighted by Gasteiger charge is 2.39. The van der Waals surface area contributed by atoms with Gasteiger partial charge in [0.2, 0.25) is 12.0 Å². The van der Waals surface area contributed by atoms with E-state index in [1.807, 2.05) is 25.1 Å². The molecule has 7 nitrogen and oxygen atoms in total. The lowest BCUT2D eigenvalue weighted by Crippen LogP contribution is -2.35. The zero-order chi connectivity index (χ0) is 22.0. The maximum atomic E-state index is 13.0. The van der Waals surface area contributed by atoms with Crippen LogP contribution in [-0.4, -0.2) is 37.5 Å². The molecule has 2 atom stereocenters. The van der Waals surface area contributed by atoms with Crippen LogP contribution < -0.4 is 15.0 Å². The Bertz CT molecular complexity index is 987. The van der Waals surface area contributed by atoms with Crippen molar-refractivity contribution in [2.45, 2.75) is 38.3 Å². The molecule has 2 aliphatic rings. The molecule has 1 saturated heterocycles. The third-order valence-corrected chi connectivity index (χ3v) is 5.58. The summed E-state index contributed by atoms with van der Waals surface area (Å²) in [5.41, 5.74) is 2.22. The number of rotatable bonds is 7. The molecule has 31 heavy (non-hydrogen) atoms. The van der Waals surface area contributed by atoms with Crippen molar-refractivity contribution in [1.82, 2.24) is 5.32 Å². The van der Waals surface area contributed by atoms with Crippen molar-refractivity contribution < 1.29 is 23.9 Å². The minimum Gasteiger partial charge on any atom is -0.495 e. The number of carbonyl (C=O) groups is 3. The second kappa shape index (κ2) is 8.79.